The van der Waals surface area contributed by atoms with Crippen LogP contribution in [0, 0.1) is 25.7 Å². The third-order valence-electron chi connectivity index (χ3n) is 3.75. The maximum absolute atomic E-state index is 11.5. The van der Waals surface area contributed by atoms with Crippen LogP contribution in [-0.2, 0) is 11.8 Å². The van der Waals surface area contributed by atoms with Crippen molar-refractivity contribution in [2.45, 2.75) is 13.8 Å². The molecule has 4 nitrogen and oxygen atoms in total. The predicted octanol–water partition coefficient (Wildman–Crippen LogP) is 3.78. The lowest BCUT2D eigenvalue weighted by Crippen LogP contribution is -2.07. The zero-order chi connectivity index (χ0) is 17.3. The second kappa shape index (κ2) is 6.34. The van der Waals surface area contributed by atoms with Crippen molar-refractivity contribution >= 4 is 34.0 Å². The maximum Gasteiger partial charge on any atom is 0.247 e. The van der Waals surface area contributed by atoms with Crippen LogP contribution in [0.25, 0.3) is 11.0 Å². The number of anilines is 1. The van der Waals surface area contributed by atoms with Gasteiger partial charge in [-0.1, -0.05) is 18.4 Å². The standard InChI is InChI=1S/C19H17N3OS/c1-5-18(23)21-15-9-17-14(11-22(4)19(17)20-10-15)6-7-16-8-12(2)13(3)24-16/h5,8-11H,1H2,2-4H3,(H,21,23). The molecular weight excluding hydrogens is 318 g/mol. The van der Waals surface area contributed by atoms with Crippen LogP contribution in [0.5, 0.6) is 0 Å². The Kier molecular flexibility index (Phi) is 4.24. The minimum atomic E-state index is -0.260. The Balaban J connectivity index is 2.03. The third-order valence-corrected chi connectivity index (χ3v) is 4.82. The maximum atomic E-state index is 11.5. The van der Waals surface area contributed by atoms with Crippen molar-refractivity contribution in [2.75, 3.05) is 5.32 Å². The van der Waals surface area contributed by atoms with Gasteiger partial charge in [0.05, 0.1) is 22.3 Å². The molecule has 0 radical (unpaired) electrons. The van der Waals surface area contributed by atoms with E-state index in [1.165, 1.54) is 16.5 Å². The van der Waals surface area contributed by atoms with E-state index in [-0.39, 0.29) is 5.91 Å². The van der Waals surface area contributed by atoms with E-state index >= 15 is 0 Å². The molecule has 0 spiro atoms. The first-order valence-corrected chi connectivity index (χ1v) is 8.27. The number of amides is 1. The van der Waals surface area contributed by atoms with Crippen LogP contribution >= 0.6 is 11.3 Å². The molecule has 0 saturated carbocycles. The number of aryl methyl sites for hydroxylation is 3. The zero-order valence-corrected chi connectivity index (χ0v) is 14.6. The number of hydrogen-bond donors (Lipinski definition) is 1. The van der Waals surface area contributed by atoms with Gasteiger partial charge in [-0.3, -0.25) is 4.79 Å². The number of carbonyl (C=O) groups excluding carboxylic acids is 1. The summed E-state index contributed by atoms with van der Waals surface area (Å²) in [6, 6.07) is 3.99. The number of thiophene rings is 1. The summed E-state index contributed by atoms with van der Waals surface area (Å²) in [6.07, 6.45) is 4.82. The fourth-order valence-corrected chi connectivity index (χ4v) is 3.27. The molecule has 0 bridgehead atoms. The number of nitrogens with one attached hydrogen (secondary N) is 1. The molecular formula is C19H17N3OS. The fraction of sp³-hybridized carbons (Fsp3) is 0.158. The van der Waals surface area contributed by atoms with E-state index in [0.717, 1.165) is 21.5 Å². The van der Waals surface area contributed by atoms with Gasteiger partial charge in [-0.05, 0) is 37.6 Å². The summed E-state index contributed by atoms with van der Waals surface area (Å²) in [5, 5.41) is 3.64. The molecule has 1 amide bonds. The lowest BCUT2D eigenvalue weighted by Gasteiger charge is -2.02. The topological polar surface area (TPSA) is 46.9 Å². The fourth-order valence-electron chi connectivity index (χ4n) is 2.39. The van der Waals surface area contributed by atoms with E-state index in [0.29, 0.717) is 5.69 Å². The van der Waals surface area contributed by atoms with E-state index < -0.39 is 0 Å². The second-order valence-corrected chi connectivity index (χ2v) is 6.80. The Hall–Kier alpha value is -2.84. The summed E-state index contributed by atoms with van der Waals surface area (Å²) in [5.41, 5.74) is 3.61. The van der Waals surface area contributed by atoms with Crippen molar-refractivity contribution in [3.8, 4) is 11.8 Å². The minimum Gasteiger partial charge on any atom is -0.334 e. The Morgan fingerprint density at radius 1 is 1.38 bits per heavy atom. The van der Waals surface area contributed by atoms with Gasteiger partial charge in [-0.15, -0.1) is 11.3 Å². The van der Waals surface area contributed by atoms with Crippen LogP contribution in [-0.4, -0.2) is 15.5 Å². The van der Waals surface area contributed by atoms with Gasteiger partial charge in [0.2, 0.25) is 5.91 Å². The summed E-state index contributed by atoms with van der Waals surface area (Å²) in [6.45, 7) is 7.64. The SMILES string of the molecule is C=CC(=O)Nc1cnc2c(c1)c(C#Cc1cc(C)c(C)s1)cn2C. The smallest absolute Gasteiger partial charge is 0.247 e. The van der Waals surface area contributed by atoms with Crippen molar-refractivity contribution in [3.05, 3.63) is 58.1 Å². The van der Waals surface area contributed by atoms with Gasteiger partial charge in [0.25, 0.3) is 0 Å². The monoisotopic (exact) mass is 335 g/mol. The molecule has 0 aliphatic rings. The van der Waals surface area contributed by atoms with Crippen molar-refractivity contribution in [1.82, 2.24) is 9.55 Å². The van der Waals surface area contributed by atoms with Gasteiger partial charge in [-0.25, -0.2) is 4.98 Å². The van der Waals surface area contributed by atoms with Crippen LogP contribution in [0.1, 0.15) is 20.9 Å². The molecule has 1 N–H and O–H groups in total. The molecule has 0 fully saturated rings. The highest BCUT2D eigenvalue weighted by Crippen LogP contribution is 2.23. The summed E-state index contributed by atoms with van der Waals surface area (Å²) < 4.78 is 1.93. The number of carbonyl (C=O) groups is 1. The van der Waals surface area contributed by atoms with Gasteiger partial charge in [0.15, 0.2) is 0 Å². The van der Waals surface area contributed by atoms with E-state index in [4.69, 9.17) is 0 Å². The second-order valence-electron chi connectivity index (χ2n) is 5.54. The summed E-state index contributed by atoms with van der Waals surface area (Å²) in [4.78, 5) is 18.2. The van der Waals surface area contributed by atoms with Gasteiger partial charge < -0.3 is 9.88 Å². The Morgan fingerprint density at radius 2 is 2.17 bits per heavy atom. The molecule has 0 saturated heterocycles. The molecule has 3 aromatic rings. The van der Waals surface area contributed by atoms with Crippen molar-refractivity contribution in [2.24, 2.45) is 7.05 Å². The van der Waals surface area contributed by atoms with Gasteiger partial charge in [-0.2, -0.15) is 0 Å². The molecule has 0 atom stereocenters. The van der Waals surface area contributed by atoms with Crippen LogP contribution in [0.3, 0.4) is 0 Å². The lowest BCUT2D eigenvalue weighted by molar-refractivity contribution is -0.111. The molecule has 24 heavy (non-hydrogen) atoms. The average Bonchev–Trinajstić information content (AvgIpc) is 3.05. The van der Waals surface area contributed by atoms with Crippen LogP contribution in [0.4, 0.5) is 5.69 Å². The summed E-state index contributed by atoms with van der Waals surface area (Å²) in [5.74, 6) is 6.19. The molecule has 3 rings (SSSR count). The number of aromatic nitrogens is 2. The highest BCUT2D eigenvalue weighted by atomic mass is 32.1. The van der Waals surface area contributed by atoms with E-state index in [1.54, 1.807) is 17.5 Å². The number of fused-ring (bicyclic) bond motifs is 1. The highest BCUT2D eigenvalue weighted by molar-refractivity contribution is 7.12. The number of rotatable bonds is 2. The number of nitrogens with zero attached hydrogens (tertiary/aromatic N) is 2. The molecule has 0 unspecified atom stereocenters. The van der Waals surface area contributed by atoms with E-state index in [1.807, 2.05) is 23.9 Å². The number of pyridine rings is 1. The van der Waals surface area contributed by atoms with Crippen molar-refractivity contribution in [1.29, 1.82) is 0 Å². The van der Waals surface area contributed by atoms with Crippen LogP contribution in [0.15, 0.2) is 37.2 Å². The number of hydrogen-bond acceptors (Lipinski definition) is 3. The third kappa shape index (κ3) is 3.10. The molecule has 5 heteroatoms. The van der Waals surface area contributed by atoms with Gasteiger partial charge in [0.1, 0.15) is 5.65 Å². The first-order valence-electron chi connectivity index (χ1n) is 7.45. The molecule has 0 aromatic carbocycles. The van der Waals surface area contributed by atoms with E-state index in [2.05, 4.69) is 48.6 Å². The normalized spacial score (nSPS) is 10.3. The zero-order valence-electron chi connectivity index (χ0n) is 13.8. The molecule has 120 valence electrons. The van der Waals surface area contributed by atoms with Gasteiger partial charge >= 0.3 is 0 Å². The first kappa shape index (κ1) is 16.0. The van der Waals surface area contributed by atoms with Crippen molar-refractivity contribution < 1.29 is 4.79 Å². The largest absolute Gasteiger partial charge is 0.334 e. The predicted molar refractivity (Wildman–Crippen MR) is 99.3 cm³/mol. The summed E-state index contributed by atoms with van der Waals surface area (Å²) >= 11 is 1.70. The Bertz CT molecular complexity index is 995. The Labute approximate surface area is 144 Å². The molecule has 3 heterocycles. The first-order chi connectivity index (χ1) is 11.5. The molecule has 0 aliphatic carbocycles. The average molecular weight is 335 g/mol. The van der Waals surface area contributed by atoms with Crippen LogP contribution in [0.2, 0.25) is 0 Å². The van der Waals surface area contributed by atoms with Crippen molar-refractivity contribution in [3.63, 3.8) is 0 Å². The minimum absolute atomic E-state index is 0.260. The van der Waals surface area contributed by atoms with Crippen LogP contribution < -0.4 is 5.32 Å². The summed E-state index contributed by atoms with van der Waals surface area (Å²) in [7, 11) is 1.93. The quantitative estimate of drug-likeness (QED) is 0.572. The lowest BCUT2D eigenvalue weighted by atomic mass is 10.2. The highest BCUT2D eigenvalue weighted by Gasteiger charge is 2.08. The molecule has 0 aliphatic heterocycles. The molecule has 3 aromatic heterocycles. The van der Waals surface area contributed by atoms with Gasteiger partial charge in [0, 0.05) is 23.5 Å². The van der Waals surface area contributed by atoms with E-state index in [9.17, 15) is 4.79 Å². The Morgan fingerprint density at radius 3 is 2.83 bits per heavy atom.